The van der Waals surface area contributed by atoms with Gasteiger partial charge in [-0.1, -0.05) is 58.2 Å². The van der Waals surface area contributed by atoms with Gasteiger partial charge in [-0.15, -0.1) is 5.43 Å². The molecule has 3 heteroatoms. The summed E-state index contributed by atoms with van der Waals surface area (Å²) in [6.45, 7) is 2.04. The number of anilines is 1. The molecule has 0 bridgehead atoms. The molecule has 0 fully saturated rings. The summed E-state index contributed by atoms with van der Waals surface area (Å²) < 4.78 is 0. The molecule has 0 unspecified atom stereocenters. The Balaban J connectivity index is 0.00000162. The predicted molar refractivity (Wildman–Crippen MR) is 82.6 cm³/mol. The zero-order valence-corrected chi connectivity index (χ0v) is 9.76. The van der Waals surface area contributed by atoms with Crippen molar-refractivity contribution in [3.8, 4) is 0 Å². The summed E-state index contributed by atoms with van der Waals surface area (Å²) in [5.74, 6) is 0. The number of nitroso groups, excluding NO2 is 1. The van der Waals surface area contributed by atoms with Crippen LogP contribution in [0.5, 0.6) is 0 Å². The molecule has 0 heterocycles. The Kier molecular flexibility index (Phi) is 7.12. The maximum atomic E-state index is 12.0. The molecule has 3 nitrogen and oxygen atoms in total. The second-order valence-electron chi connectivity index (χ2n) is 3.75. The Labute approximate surface area is 115 Å². The van der Waals surface area contributed by atoms with E-state index in [-0.39, 0.29) is 14.9 Å². The first-order valence-corrected chi connectivity index (χ1v) is 5.68. The monoisotopic (exact) mass is 259 g/mol. The van der Waals surface area contributed by atoms with E-state index in [0.717, 1.165) is 22.5 Å². The van der Waals surface area contributed by atoms with E-state index in [2.05, 4.69) is 5.43 Å². The van der Waals surface area contributed by atoms with E-state index in [1.54, 1.807) is 0 Å². The average Bonchev–Trinajstić information content (AvgIpc) is 2.40. The first kappa shape index (κ1) is 16.8. The molecule has 0 radical (unpaired) electrons. The zero-order valence-electron chi connectivity index (χ0n) is 9.76. The van der Waals surface area contributed by atoms with Crippen LogP contribution in [0.1, 0.15) is 27.3 Å². The fourth-order valence-corrected chi connectivity index (χ4v) is 1.70. The van der Waals surface area contributed by atoms with Gasteiger partial charge >= 0.3 is 0 Å². The predicted octanol–water partition coefficient (Wildman–Crippen LogP) is 4.96. The third-order valence-corrected chi connectivity index (χ3v) is 2.60. The molecule has 2 aromatic rings. The lowest BCUT2D eigenvalue weighted by Gasteiger charge is -2.00. The van der Waals surface area contributed by atoms with Crippen LogP contribution in [-0.2, 0) is 6.42 Å². The molecule has 0 aromatic heterocycles. The summed E-state index contributed by atoms with van der Waals surface area (Å²) in [7, 11) is 0. The van der Waals surface area contributed by atoms with Gasteiger partial charge in [0.1, 0.15) is 5.69 Å². The third kappa shape index (κ3) is 4.21. The van der Waals surface area contributed by atoms with Crippen LogP contribution in [0.2, 0.25) is 0 Å². The quantitative estimate of drug-likeness (QED) is 0.621. The fourth-order valence-electron chi connectivity index (χ4n) is 1.70. The Morgan fingerprint density at radius 1 is 0.947 bits per heavy atom. The molecule has 0 amide bonds. The summed E-state index contributed by atoms with van der Waals surface area (Å²) in [6.07, 6.45) is 0.839. The van der Waals surface area contributed by atoms with E-state index in [1.807, 2.05) is 61.5 Å². The lowest BCUT2D eigenvalue weighted by molar-refractivity contribution is -0.428. The molecule has 1 N–H and O–H groups in total. The smallest absolute Gasteiger partial charge is 0.114 e. The van der Waals surface area contributed by atoms with Gasteiger partial charge in [0, 0.05) is 11.6 Å². The van der Waals surface area contributed by atoms with Crippen LogP contribution >= 0.6 is 0 Å². The highest BCUT2D eigenvalue weighted by molar-refractivity contribution is 5.44. The molecular weight excluding hydrogens is 236 g/mol. The number of hydrazine groups is 1. The number of hydrogen-bond donors (Lipinski definition) is 1. The van der Waals surface area contributed by atoms with Crippen LogP contribution in [0.25, 0.3) is 0 Å². The SMILES string of the molecule is C.C.CCc1ccccc1[N+](=O)Nc1ccccc1. The second-order valence-corrected chi connectivity index (χ2v) is 3.75. The second kappa shape index (κ2) is 8.03. The Morgan fingerprint density at radius 3 is 2.16 bits per heavy atom. The van der Waals surface area contributed by atoms with Crippen molar-refractivity contribution >= 4 is 11.4 Å². The first-order chi connectivity index (χ1) is 8.31. The van der Waals surface area contributed by atoms with Crippen molar-refractivity contribution in [2.24, 2.45) is 0 Å². The van der Waals surface area contributed by atoms with Gasteiger partial charge < -0.3 is 0 Å². The number of hydrogen-bond acceptors (Lipinski definition) is 1. The lowest BCUT2D eigenvalue weighted by atomic mass is 10.1. The van der Waals surface area contributed by atoms with Gasteiger partial charge in [-0.2, -0.15) is 0 Å². The highest BCUT2D eigenvalue weighted by atomic mass is 16.3. The largest absolute Gasteiger partial charge is 0.295 e. The molecule has 0 aliphatic heterocycles. The highest BCUT2D eigenvalue weighted by Gasteiger charge is 2.17. The number of para-hydroxylation sites is 2. The van der Waals surface area contributed by atoms with Gasteiger partial charge in [0.15, 0.2) is 4.87 Å². The minimum absolute atomic E-state index is 0. The molecule has 2 rings (SSSR count). The molecule has 0 saturated heterocycles. The summed E-state index contributed by atoms with van der Waals surface area (Å²) in [4.78, 5) is 12.8. The van der Waals surface area contributed by atoms with Crippen LogP contribution in [0.15, 0.2) is 54.6 Å². The van der Waals surface area contributed by atoms with Gasteiger partial charge in [0.05, 0.1) is 4.91 Å². The highest BCUT2D eigenvalue weighted by Crippen LogP contribution is 2.19. The maximum Gasteiger partial charge on any atom is 0.295 e. The minimum atomic E-state index is 0. The van der Waals surface area contributed by atoms with Crippen LogP contribution in [0.4, 0.5) is 11.4 Å². The normalized spacial score (nSPS) is 8.89. The van der Waals surface area contributed by atoms with Crippen molar-refractivity contribution in [2.45, 2.75) is 28.2 Å². The van der Waals surface area contributed by atoms with E-state index < -0.39 is 0 Å². The van der Waals surface area contributed by atoms with Gasteiger partial charge in [-0.3, -0.25) is 0 Å². The van der Waals surface area contributed by atoms with Crippen molar-refractivity contribution in [1.82, 2.24) is 0 Å². The van der Waals surface area contributed by atoms with Gasteiger partial charge in [-0.25, -0.2) is 0 Å². The number of benzene rings is 2. The van der Waals surface area contributed by atoms with E-state index in [9.17, 15) is 4.91 Å². The van der Waals surface area contributed by atoms with Crippen molar-refractivity contribution in [3.05, 3.63) is 65.1 Å². The molecule has 0 atom stereocenters. The average molecular weight is 259 g/mol. The Bertz CT molecular complexity index is 509. The zero-order chi connectivity index (χ0) is 12.1. The number of aryl methyl sites for hydroxylation is 1. The summed E-state index contributed by atoms with van der Waals surface area (Å²) >= 11 is 0. The molecule has 102 valence electrons. The van der Waals surface area contributed by atoms with Crippen molar-refractivity contribution in [2.75, 3.05) is 5.43 Å². The summed E-state index contributed by atoms with van der Waals surface area (Å²) in [5, 5.41) is 0. The minimum Gasteiger partial charge on any atom is -0.114 e. The fraction of sp³-hybridized carbons (Fsp3) is 0.250. The lowest BCUT2D eigenvalue weighted by Crippen LogP contribution is -2.11. The van der Waals surface area contributed by atoms with Gasteiger partial charge in [-0.05, 0) is 18.6 Å². The molecule has 0 spiro atoms. The van der Waals surface area contributed by atoms with E-state index in [4.69, 9.17) is 0 Å². The number of rotatable bonds is 4. The molecule has 2 aromatic carbocycles. The summed E-state index contributed by atoms with van der Waals surface area (Å²) in [5.41, 5.74) is 5.30. The van der Waals surface area contributed by atoms with Gasteiger partial charge in [0.2, 0.25) is 0 Å². The van der Waals surface area contributed by atoms with E-state index in [1.165, 1.54) is 0 Å². The standard InChI is InChI=1S/C14H15N2O.2CH4/c1-2-12-8-6-7-11-14(12)16(17)15-13-9-4-3-5-10-13;;/h3-11H,2H2,1H3,(H,15,17);2*1H4/q+1;;. The van der Waals surface area contributed by atoms with Crippen LogP contribution < -0.4 is 5.43 Å². The van der Waals surface area contributed by atoms with Crippen LogP contribution in [0.3, 0.4) is 0 Å². The summed E-state index contributed by atoms with van der Waals surface area (Å²) in [6, 6.07) is 17.0. The van der Waals surface area contributed by atoms with Crippen molar-refractivity contribution in [1.29, 1.82) is 0 Å². The van der Waals surface area contributed by atoms with E-state index >= 15 is 0 Å². The maximum absolute atomic E-state index is 12.0. The third-order valence-electron chi connectivity index (χ3n) is 2.60. The topological polar surface area (TPSA) is 32.1 Å². The molecule has 19 heavy (non-hydrogen) atoms. The van der Waals surface area contributed by atoms with Crippen molar-refractivity contribution in [3.63, 3.8) is 0 Å². The Hall–Kier alpha value is -2.16. The van der Waals surface area contributed by atoms with Gasteiger partial charge in [0.25, 0.3) is 5.69 Å². The number of nitrogens with one attached hydrogen (secondary N) is 1. The van der Waals surface area contributed by atoms with Crippen LogP contribution in [0, 0.1) is 4.91 Å². The molecule has 0 saturated carbocycles. The number of nitrogens with zero attached hydrogens (tertiary/aromatic N) is 1. The Morgan fingerprint density at radius 2 is 1.53 bits per heavy atom. The molecular formula is C16H23N2O+. The molecule has 0 aliphatic carbocycles. The first-order valence-electron chi connectivity index (χ1n) is 5.68. The molecule has 0 aliphatic rings. The van der Waals surface area contributed by atoms with Crippen LogP contribution in [-0.4, -0.2) is 4.87 Å². The van der Waals surface area contributed by atoms with Crippen molar-refractivity contribution < 1.29 is 4.87 Å². The van der Waals surface area contributed by atoms with E-state index in [0.29, 0.717) is 5.69 Å².